The van der Waals surface area contributed by atoms with Gasteiger partial charge in [-0.3, -0.25) is 4.79 Å². The SMILES string of the molecule is CCOc1ccc(C(C)CC2CC2C(=O)OC)cc1OCC. The zero-order valence-electron chi connectivity index (χ0n) is 13.9. The highest BCUT2D eigenvalue weighted by molar-refractivity contribution is 5.75. The molecule has 1 aliphatic carbocycles. The molecule has 0 saturated heterocycles. The summed E-state index contributed by atoms with van der Waals surface area (Å²) in [4.78, 5) is 11.5. The van der Waals surface area contributed by atoms with Gasteiger partial charge in [-0.15, -0.1) is 0 Å². The monoisotopic (exact) mass is 306 g/mol. The number of hydrogen-bond donors (Lipinski definition) is 0. The molecule has 0 spiro atoms. The van der Waals surface area contributed by atoms with Gasteiger partial charge in [-0.05, 0) is 56.2 Å². The Kier molecular flexibility index (Phi) is 5.69. The summed E-state index contributed by atoms with van der Waals surface area (Å²) in [5, 5.41) is 0. The maximum Gasteiger partial charge on any atom is 0.308 e. The molecule has 3 unspecified atom stereocenters. The Morgan fingerprint density at radius 1 is 1.23 bits per heavy atom. The first-order valence-corrected chi connectivity index (χ1v) is 8.08. The van der Waals surface area contributed by atoms with Gasteiger partial charge in [0.1, 0.15) is 0 Å². The lowest BCUT2D eigenvalue weighted by molar-refractivity contribution is -0.142. The van der Waals surface area contributed by atoms with Crippen LogP contribution in [-0.4, -0.2) is 26.3 Å². The molecule has 1 saturated carbocycles. The minimum absolute atomic E-state index is 0.0705. The van der Waals surface area contributed by atoms with Gasteiger partial charge in [0.2, 0.25) is 0 Å². The molecule has 1 aromatic rings. The number of carbonyl (C=O) groups is 1. The van der Waals surface area contributed by atoms with Gasteiger partial charge in [0.05, 0.1) is 26.2 Å². The molecule has 0 amide bonds. The van der Waals surface area contributed by atoms with Gasteiger partial charge in [-0.25, -0.2) is 0 Å². The normalized spacial score (nSPS) is 21.1. The Balaban J connectivity index is 2.02. The van der Waals surface area contributed by atoms with Crippen LogP contribution in [0.25, 0.3) is 0 Å². The first kappa shape index (κ1) is 16.7. The maximum atomic E-state index is 11.5. The van der Waals surface area contributed by atoms with Crippen molar-refractivity contribution in [3.63, 3.8) is 0 Å². The lowest BCUT2D eigenvalue weighted by Gasteiger charge is -2.16. The van der Waals surface area contributed by atoms with Gasteiger partial charge in [0.15, 0.2) is 11.5 Å². The fourth-order valence-electron chi connectivity index (χ4n) is 2.91. The molecule has 0 aromatic heterocycles. The van der Waals surface area contributed by atoms with Gasteiger partial charge < -0.3 is 14.2 Å². The maximum absolute atomic E-state index is 11.5. The van der Waals surface area contributed by atoms with E-state index in [0.717, 1.165) is 24.3 Å². The highest BCUT2D eigenvalue weighted by Crippen LogP contribution is 2.46. The molecule has 0 heterocycles. The summed E-state index contributed by atoms with van der Waals surface area (Å²) >= 11 is 0. The fourth-order valence-corrected chi connectivity index (χ4v) is 2.91. The van der Waals surface area contributed by atoms with Crippen LogP contribution in [0.1, 0.15) is 45.1 Å². The zero-order valence-corrected chi connectivity index (χ0v) is 13.9. The Morgan fingerprint density at radius 2 is 1.91 bits per heavy atom. The molecule has 1 aromatic carbocycles. The lowest BCUT2D eigenvalue weighted by atomic mass is 9.94. The summed E-state index contributed by atoms with van der Waals surface area (Å²) in [7, 11) is 1.46. The molecule has 1 fully saturated rings. The molecule has 22 heavy (non-hydrogen) atoms. The topological polar surface area (TPSA) is 44.8 Å². The van der Waals surface area contributed by atoms with E-state index in [1.54, 1.807) is 0 Å². The molecule has 0 bridgehead atoms. The van der Waals surface area contributed by atoms with Crippen LogP contribution in [0.4, 0.5) is 0 Å². The third-order valence-corrected chi connectivity index (χ3v) is 4.22. The van der Waals surface area contributed by atoms with E-state index >= 15 is 0 Å². The highest BCUT2D eigenvalue weighted by Gasteiger charge is 2.44. The van der Waals surface area contributed by atoms with Crippen LogP contribution < -0.4 is 9.47 Å². The number of esters is 1. The smallest absolute Gasteiger partial charge is 0.308 e. The summed E-state index contributed by atoms with van der Waals surface area (Å²) in [6, 6.07) is 6.13. The first-order chi connectivity index (χ1) is 10.6. The predicted molar refractivity (Wildman–Crippen MR) is 85.4 cm³/mol. The molecule has 0 radical (unpaired) electrons. The fraction of sp³-hybridized carbons (Fsp3) is 0.611. The molecule has 2 rings (SSSR count). The molecule has 122 valence electrons. The third-order valence-electron chi connectivity index (χ3n) is 4.22. The zero-order chi connectivity index (χ0) is 16.1. The Bertz CT molecular complexity index is 512. The molecule has 0 N–H and O–H groups in total. The largest absolute Gasteiger partial charge is 0.490 e. The molecule has 4 nitrogen and oxygen atoms in total. The van der Waals surface area contributed by atoms with Gasteiger partial charge >= 0.3 is 5.97 Å². The summed E-state index contributed by atoms with van der Waals surface area (Å²) in [6.45, 7) is 7.37. The average Bonchev–Trinajstić information content (AvgIpc) is 3.27. The van der Waals surface area contributed by atoms with E-state index in [2.05, 4.69) is 19.1 Å². The standard InChI is InChI=1S/C18H26O4/c1-5-21-16-8-7-13(11-17(16)22-6-2)12(3)9-14-10-15(14)18(19)20-4/h7-8,11-12,14-15H,5-6,9-10H2,1-4H3. The van der Waals surface area contributed by atoms with E-state index < -0.39 is 0 Å². The number of carbonyl (C=O) groups excluding carboxylic acids is 1. The predicted octanol–water partition coefficient (Wildman–Crippen LogP) is 3.79. The second-order valence-corrected chi connectivity index (χ2v) is 5.83. The van der Waals surface area contributed by atoms with E-state index in [-0.39, 0.29) is 11.9 Å². The Morgan fingerprint density at radius 3 is 2.55 bits per heavy atom. The van der Waals surface area contributed by atoms with Gasteiger partial charge in [0.25, 0.3) is 0 Å². The van der Waals surface area contributed by atoms with Crippen molar-refractivity contribution in [3.8, 4) is 11.5 Å². The quantitative estimate of drug-likeness (QED) is 0.686. The van der Waals surface area contributed by atoms with Crippen molar-refractivity contribution >= 4 is 5.97 Å². The van der Waals surface area contributed by atoms with Gasteiger partial charge in [-0.1, -0.05) is 13.0 Å². The van der Waals surface area contributed by atoms with E-state index in [1.165, 1.54) is 12.7 Å². The van der Waals surface area contributed by atoms with Crippen molar-refractivity contribution < 1.29 is 19.0 Å². The average molecular weight is 306 g/mol. The molecule has 1 aliphatic rings. The van der Waals surface area contributed by atoms with Crippen LogP contribution in [0.2, 0.25) is 0 Å². The van der Waals surface area contributed by atoms with Crippen LogP contribution in [0.15, 0.2) is 18.2 Å². The number of ether oxygens (including phenoxy) is 3. The summed E-state index contributed by atoms with van der Waals surface area (Å²) in [6.07, 6.45) is 1.95. The molecular formula is C18H26O4. The van der Waals surface area contributed by atoms with Crippen molar-refractivity contribution in [2.75, 3.05) is 20.3 Å². The molecule has 4 heteroatoms. The highest BCUT2D eigenvalue weighted by atomic mass is 16.5. The summed E-state index contributed by atoms with van der Waals surface area (Å²) < 4.78 is 16.1. The van der Waals surface area contributed by atoms with Crippen LogP contribution >= 0.6 is 0 Å². The number of benzene rings is 1. The minimum Gasteiger partial charge on any atom is -0.490 e. The summed E-state index contributed by atoms with van der Waals surface area (Å²) in [5.74, 6) is 2.45. The lowest BCUT2D eigenvalue weighted by Crippen LogP contribution is -2.06. The number of methoxy groups -OCH3 is 1. The Labute approximate surface area is 132 Å². The second-order valence-electron chi connectivity index (χ2n) is 5.83. The van der Waals surface area contributed by atoms with Crippen molar-refractivity contribution in [1.29, 1.82) is 0 Å². The van der Waals surface area contributed by atoms with Crippen molar-refractivity contribution in [1.82, 2.24) is 0 Å². The Hall–Kier alpha value is -1.71. The van der Waals surface area contributed by atoms with Crippen LogP contribution in [0, 0.1) is 11.8 Å². The van der Waals surface area contributed by atoms with Crippen LogP contribution in [0.5, 0.6) is 11.5 Å². The molecule has 0 aliphatic heterocycles. The van der Waals surface area contributed by atoms with E-state index in [4.69, 9.17) is 14.2 Å². The van der Waals surface area contributed by atoms with Crippen LogP contribution in [0.3, 0.4) is 0 Å². The number of rotatable bonds is 8. The summed E-state index contributed by atoms with van der Waals surface area (Å²) in [5.41, 5.74) is 1.22. The van der Waals surface area contributed by atoms with Crippen molar-refractivity contribution in [2.45, 2.75) is 39.5 Å². The van der Waals surface area contributed by atoms with Crippen molar-refractivity contribution in [2.24, 2.45) is 11.8 Å². The number of hydrogen-bond acceptors (Lipinski definition) is 4. The third kappa shape index (κ3) is 3.93. The van der Waals surface area contributed by atoms with Gasteiger partial charge in [0, 0.05) is 0 Å². The van der Waals surface area contributed by atoms with E-state index in [0.29, 0.717) is 25.0 Å². The molecular weight excluding hydrogens is 280 g/mol. The first-order valence-electron chi connectivity index (χ1n) is 8.08. The van der Waals surface area contributed by atoms with Crippen molar-refractivity contribution in [3.05, 3.63) is 23.8 Å². The second kappa shape index (κ2) is 7.52. The molecule has 3 atom stereocenters. The minimum atomic E-state index is -0.0705. The van der Waals surface area contributed by atoms with E-state index in [9.17, 15) is 4.79 Å². The van der Waals surface area contributed by atoms with Crippen LogP contribution in [-0.2, 0) is 9.53 Å². The van der Waals surface area contributed by atoms with E-state index in [1.807, 2.05) is 19.9 Å². The van der Waals surface area contributed by atoms with Gasteiger partial charge in [-0.2, -0.15) is 0 Å².